The lowest BCUT2D eigenvalue weighted by molar-refractivity contribution is -0.00330. The maximum atomic E-state index is 12.9. The summed E-state index contributed by atoms with van der Waals surface area (Å²) in [7, 11) is 1.65. The normalized spacial score (nSPS) is 21.2. The Morgan fingerprint density at radius 2 is 1.77 bits per heavy atom. The molecular formula is C21H32N2O3. The van der Waals surface area contributed by atoms with Crippen LogP contribution in [0.5, 0.6) is 0 Å². The molecule has 1 heterocycles. The zero-order valence-corrected chi connectivity index (χ0v) is 17.1. The van der Waals surface area contributed by atoms with Crippen LogP contribution >= 0.6 is 0 Å². The standard InChI is InChI=1S/C21H32N2O3/c1-20(2,3)18-22-17(25-7)16(13-15-11-9-8-10-12-15)14-23(18)19(24)26-21(4,5)6/h8-12,16,18H,13-14H2,1-7H3/t16-,18+/m1/s1. The van der Waals surface area contributed by atoms with E-state index in [2.05, 4.69) is 32.9 Å². The number of carbonyl (C=O) groups is 1. The van der Waals surface area contributed by atoms with Gasteiger partial charge in [0.05, 0.1) is 13.0 Å². The van der Waals surface area contributed by atoms with Crippen LogP contribution < -0.4 is 0 Å². The van der Waals surface area contributed by atoms with E-state index in [0.717, 1.165) is 6.42 Å². The van der Waals surface area contributed by atoms with Gasteiger partial charge in [-0.3, -0.25) is 4.90 Å². The Kier molecular flexibility index (Phi) is 5.99. The van der Waals surface area contributed by atoms with Gasteiger partial charge in [-0.1, -0.05) is 51.1 Å². The lowest BCUT2D eigenvalue weighted by atomic mass is 9.88. The molecule has 1 aliphatic heterocycles. The minimum atomic E-state index is -0.542. The number of methoxy groups -OCH3 is 1. The van der Waals surface area contributed by atoms with Crippen molar-refractivity contribution < 1.29 is 14.3 Å². The smallest absolute Gasteiger partial charge is 0.412 e. The Hall–Kier alpha value is -2.04. The van der Waals surface area contributed by atoms with Crippen LogP contribution in [0.1, 0.15) is 47.1 Å². The van der Waals surface area contributed by atoms with Crippen LogP contribution in [0.2, 0.25) is 0 Å². The molecule has 2 atom stereocenters. The number of rotatable bonds is 2. The number of nitrogens with zero attached hydrogens (tertiary/aromatic N) is 2. The molecule has 0 aliphatic carbocycles. The SMILES string of the molecule is COC1=N[C@H](C(C)(C)C)N(C(=O)OC(C)(C)C)C[C@H]1Cc1ccccc1. The molecule has 0 saturated heterocycles. The summed E-state index contributed by atoms with van der Waals surface area (Å²) >= 11 is 0. The second-order valence-electron chi connectivity index (χ2n) is 8.93. The zero-order valence-electron chi connectivity index (χ0n) is 17.1. The molecule has 1 aromatic carbocycles. The molecule has 1 aliphatic rings. The second kappa shape index (κ2) is 7.68. The van der Waals surface area contributed by atoms with Crippen molar-refractivity contribution in [1.82, 2.24) is 4.90 Å². The van der Waals surface area contributed by atoms with Gasteiger partial charge in [0.1, 0.15) is 11.8 Å². The third kappa shape index (κ3) is 5.23. The fourth-order valence-electron chi connectivity index (χ4n) is 3.14. The third-order valence-electron chi connectivity index (χ3n) is 4.25. The van der Waals surface area contributed by atoms with Crippen molar-refractivity contribution in [3.05, 3.63) is 35.9 Å². The van der Waals surface area contributed by atoms with E-state index in [1.54, 1.807) is 12.0 Å². The predicted molar refractivity (Wildman–Crippen MR) is 104 cm³/mol. The molecule has 26 heavy (non-hydrogen) atoms. The van der Waals surface area contributed by atoms with E-state index in [9.17, 15) is 4.79 Å². The highest BCUT2D eigenvalue weighted by molar-refractivity contribution is 5.82. The van der Waals surface area contributed by atoms with Gasteiger partial charge in [-0.15, -0.1) is 0 Å². The summed E-state index contributed by atoms with van der Waals surface area (Å²) in [6.07, 6.45) is 0.123. The van der Waals surface area contributed by atoms with Crippen LogP contribution in [0.4, 0.5) is 4.79 Å². The van der Waals surface area contributed by atoms with E-state index in [0.29, 0.717) is 12.4 Å². The highest BCUT2D eigenvalue weighted by atomic mass is 16.6. The quantitative estimate of drug-likeness (QED) is 0.779. The Morgan fingerprint density at radius 1 is 1.15 bits per heavy atom. The fourth-order valence-corrected chi connectivity index (χ4v) is 3.14. The van der Waals surface area contributed by atoms with E-state index in [1.807, 2.05) is 39.0 Å². The van der Waals surface area contributed by atoms with Crippen LogP contribution in [-0.4, -0.2) is 42.3 Å². The lowest BCUT2D eigenvalue weighted by Gasteiger charge is -2.43. The van der Waals surface area contributed by atoms with Crippen molar-refractivity contribution in [3.63, 3.8) is 0 Å². The summed E-state index contributed by atoms with van der Waals surface area (Å²) in [5, 5.41) is 0. The first-order valence-corrected chi connectivity index (χ1v) is 9.16. The number of amides is 1. The highest BCUT2D eigenvalue weighted by Gasteiger charge is 2.41. The monoisotopic (exact) mass is 360 g/mol. The van der Waals surface area contributed by atoms with E-state index in [4.69, 9.17) is 14.5 Å². The molecule has 0 N–H and O–H groups in total. The molecule has 0 unspecified atom stereocenters. The summed E-state index contributed by atoms with van der Waals surface area (Å²) < 4.78 is 11.2. The number of aliphatic imine (C=N–C) groups is 1. The number of hydrogen-bond acceptors (Lipinski definition) is 4. The number of hydrogen-bond donors (Lipinski definition) is 0. The van der Waals surface area contributed by atoms with Gasteiger partial charge in [-0.2, -0.15) is 0 Å². The molecule has 0 spiro atoms. The molecule has 1 amide bonds. The molecule has 0 fully saturated rings. The molecule has 144 valence electrons. The molecule has 1 aromatic rings. The Labute approximate surface area is 157 Å². The summed E-state index contributed by atoms with van der Waals surface area (Å²) in [4.78, 5) is 19.4. The molecule has 5 nitrogen and oxygen atoms in total. The van der Waals surface area contributed by atoms with Crippen LogP contribution in [0.15, 0.2) is 35.3 Å². The third-order valence-corrected chi connectivity index (χ3v) is 4.25. The van der Waals surface area contributed by atoms with Gasteiger partial charge in [0.15, 0.2) is 5.90 Å². The average Bonchev–Trinajstić information content (AvgIpc) is 2.52. The summed E-state index contributed by atoms with van der Waals surface area (Å²) in [5.41, 5.74) is 0.429. The van der Waals surface area contributed by atoms with Crippen molar-refractivity contribution in [2.45, 2.75) is 59.7 Å². The summed E-state index contributed by atoms with van der Waals surface area (Å²) in [6.45, 7) is 12.4. The Bertz CT molecular complexity index is 641. The number of carbonyl (C=O) groups excluding carboxylic acids is 1. The summed E-state index contributed by atoms with van der Waals surface area (Å²) in [5.74, 6) is 0.710. The fraction of sp³-hybridized carbons (Fsp3) is 0.619. The number of ether oxygens (including phenoxy) is 2. The molecule has 5 heteroatoms. The average molecular weight is 360 g/mol. The maximum absolute atomic E-state index is 12.9. The van der Waals surface area contributed by atoms with Crippen molar-refractivity contribution >= 4 is 12.0 Å². The molecule has 0 saturated carbocycles. The Morgan fingerprint density at radius 3 is 2.27 bits per heavy atom. The second-order valence-corrected chi connectivity index (χ2v) is 8.93. The molecule has 0 aromatic heterocycles. The first-order valence-electron chi connectivity index (χ1n) is 9.16. The van der Waals surface area contributed by atoms with Crippen molar-refractivity contribution in [3.8, 4) is 0 Å². The predicted octanol–water partition coefficient (Wildman–Crippen LogP) is 4.51. The van der Waals surface area contributed by atoms with E-state index >= 15 is 0 Å². The van der Waals surface area contributed by atoms with Crippen LogP contribution in [0.25, 0.3) is 0 Å². The molecular weight excluding hydrogens is 328 g/mol. The van der Waals surface area contributed by atoms with Crippen molar-refractivity contribution in [2.24, 2.45) is 16.3 Å². The zero-order chi connectivity index (χ0) is 19.5. The van der Waals surface area contributed by atoms with Gasteiger partial charge in [0.25, 0.3) is 0 Å². The van der Waals surface area contributed by atoms with E-state index < -0.39 is 5.60 Å². The van der Waals surface area contributed by atoms with Crippen LogP contribution in [0, 0.1) is 11.3 Å². The molecule has 0 radical (unpaired) electrons. The van der Waals surface area contributed by atoms with Crippen LogP contribution in [-0.2, 0) is 15.9 Å². The first-order chi connectivity index (χ1) is 12.0. The van der Waals surface area contributed by atoms with Gasteiger partial charge in [-0.05, 0) is 32.8 Å². The van der Waals surface area contributed by atoms with Crippen molar-refractivity contribution in [2.75, 3.05) is 13.7 Å². The van der Waals surface area contributed by atoms with E-state index in [1.165, 1.54) is 5.56 Å². The van der Waals surface area contributed by atoms with Crippen LogP contribution in [0.3, 0.4) is 0 Å². The molecule has 2 rings (SSSR count). The maximum Gasteiger partial charge on any atom is 0.412 e. The lowest BCUT2D eigenvalue weighted by Crippen LogP contribution is -2.54. The highest BCUT2D eigenvalue weighted by Crippen LogP contribution is 2.32. The largest absolute Gasteiger partial charge is 0.484 e. The van der Waals surface area contributed by atoms with Gasteiger partial charge in [0, 0.05) is 12.0 Å². The minimum absolute atomic E-state index is 0.00789. The molecule has 0 bridgehead atoms. The number of benzene rings is 1. The van der Waals surface area contributed by atoms with E-state index in [-0.39, 0.29) is 23.6 Å². The first kappa shape index (κ1) is 20.3. The Balaban J connectivity index is 2.33. The van der Waals surface area contributed by atoms with Gasteiger partial charge >= 0.3 is 6.09 Å². The summed E-state index contributed by atoms with van der Waals surface area (Å²) in [6, 6.07) is 10.2. The van der Waals surface area contributed by atoms with Crippen molar-refractivity contribution in [1.29, 1.82) is 0 Å². The topological polar surface area (TPSA) is 51.1 Å². The van der Waals surface area contributed by atoms with Gasteiger partial charge < -0.3 is 9.47 Å². The van der Waals surface area contributed by atoms with Gasteiger partial charge in [-0.25, -0.2) is 9.79 Å². The minimum Gasteiger partial charge on any atom is -0.484 e. The van der Waals surface area contributed by atoms with Gasteiger partial charge in [0.2, 0.25) is 0 Å².